The van der Waals surface area contributed by atoms with Gasteiger partial charge in [-0.2, -0.15) is 0 Å². The second-order valence-electron chi connectivity index (χ2n) is 8.96. The summed E-state index contributed by atoms with van der Waals surface area (Å²) in [4.78, 5) is 4.78. The fourth-order valence-electron chi connectivity index (χ4n) is 5.30. The van der Waals surface area contributed by atoms with E-state index in [-0.39, 0.29) is 11.7 Å². The number of benzene rings is 1. The van der Waals surface area contributed by atoms with Crippen LogP contribution in [0.25, 0.3) is 10.8 Å². The minimum atomic E-state index is -0.219. The Balaban J connectivity index is 1.41. The molecule has 1 unspecified atom stereocenters. The normalized spacial score (nSPS) is 25.3. The van der Waals surface area contributed by atoms with Crippen LogP contribution in [0.1, 0.15) is 51.4 Å². The van der Waals surface area contributed by atoms with Crippen molar-refractivity contribution in [3.8, 4) is 0 Å². The first-order valence-corrected chi connectivity index (χ1v) is 11.3. The van der Waals surface area contributed by atoms with Crippen LogP contribution in [0.15, 0.2) is 24.3 Å². The Morgan fingerprint density at radius 2 is 1.45 bits per heavy atom. The SMILES string of the molecule is OC1CCOC2(CCN(c3nnc(N4CCCCCC4)c4ccccc34)CC2)C1. The summed E-state index contributed by atoms with van der Waals surface area (Å²) >= 11 is 0. The molecule has 3 fully saturated rings. The Labute approximate surface area is 172 Å². The van der Waals surface area contributed by atoms with Crippen LogP contribution in [0.5, 0.6) is 0 Å². The quantitative estimate of drug-likeness (QED) is 0.838. The van der Waals surface area contributed by atoms with E-state index in [9.17, 15) is 5.11 Å². The summed E-state index contributed by atoms with van der Waals surface area (Å²) in [6.07, 6.45) is 8.28. The van der Waals surface area contributed by atoms with Crippen LogP contribution in [0.4, 0.5) is 11.6 Å². The topological polar surface area (TPSA) is 61.7 Å². The lowest BCUT2D eigenvalue weighted by molar-refractivity contribution is -0.128. The van der Waals surface area contributed by atoms with Gasteiger partial charge in [0.25, 0.3) is 0 Å². The summed E-state index contributed by atoms with van der Waals surface area (Å²) < 4.78 is 6.13. The third-order valence-corrected chi connectivity index (χ3v) is 7.00. The van der Waals surface area contributed by atoms with Crippen molar-refractivity contribution in [2.24, 2.45) is 0 Å². The van der Waals surface area contributed by atoms with Crippen molar-refractivity contribution in [2.75, 3.05) is 42.6 Å². The molecule has 3 saturated heterocycles. The van der Waals surface area contributed by atoms with Crippen molar-refractivity contribution in [1.29, 1.82) is 0 Å². The second kappa shape index (κ2) is 8.07. The smallest absolute Gasteiger partial charge is 0.159 e. The minimum Gasteiger partial charge on any atom is -0.393 e. The summed E-state index contributed by atoms with van der Waals surface area (Å²) in [7, 11) is 0. The van der Waals surface area contributed by atoms with Crippen molar-refractivity contribution < 1.29 is 9.84 Å². The summed E-state index contributed by atoms with van der Waals surface area (Å²) in [5.74, 6) is 2.03. The third-order valence-electron chi connectivity index (χ3n) is 7.00. The van der Waals surface area contributed by atoms with Crippen molar-refractivity contribution in [1.82, 2.24) is 10.2 Å². The molecular formula is C23H32N4O2. The van der Waals surface area contributed by atoms with Gasteiger partial charge >= 0.3 is 0 Å². The fraction of sp³-hybridized carbons (Fsp3) is 0.652. The molecule has 1 spiro atoms. The molecule has 0 radical (unpaired) electrons. The summed E-state index contributed by atoms with van der Waals surface area (Å²) in [5.41, 5.74) is -0.149. The lowest BCUT2D eigenvalue weighted by atomic mass is 9.83. The number of anilines is 2. The van der Waals surface area contributed by atoms with Crippen LogP contribution >= 0.6 is 0 Å². The molecule has 0 amide bonds. The van der Waals surface area contributed by atoms with E-state index in [0.29, 0.717) is 6.61 Å². The Morgan fingerprint density at radius 3 is 2.03 bits per heavy atom. The molecule has 1 atom stereocenters. The number of piperidine rings is 1. The Morgan fingerprint density at radius 1 is 0.862 bits per heavy atom. The van der Waals surface area contributed by atoms with Gasteiger partial charge in [0, 0.05) is 50.0 Å². The van der Waals surface area contributed by atoms with Gasteiger partial charge in [-0.05, 0) is 32.1 Å². The third kappa shape index (κ3) is 3.80. The van der Waals surface area contributed by atoms with Gasteiger partial charge < -0.3 is 19.6 Å². The molecule has 1 aromatic heterocycles. The van der Waals surface area contributed by atoms with Gasteiger partial charge in [0.1, 0.15) is 0 Å². The van der Waals surface area contributed by atoms with Crippen molar-refractivity contribution in [2.45, 2.75) is 63.1 Å². The number of nitrogens with zero attached hydrogens (tertiary/aromatic N) is 4. The molecule has 3 aliphatic heterocycles. The molecule has 29 heavy (non-hydrogen) atoms. The Kier molecular flexibility index (Phi) is 5.31. The number of aromatic nitrogens is 2. The average Bonchev–Trinajstić information content (AvgIpc) is 3.03. The van der Waals surface area contributed by atoms with Crippen LogP contribution in [0.2, 0.25) is 0 Å². The summed E-state index contributed by atoms with van der Waals surface area (Å²) in [5, 5.41) is 22.0. The van der Waals surface area contributed by atoms with Crippen molar-refractivity contribution >= 4 is 22.4 Å². The van der Waals surface area contributed by atoms with Gasteiger partial charge in [-0.1, -0.05) is 37.1 Å². The maximum Gasteiger partial charge on any atom is 0.159 e. The van der Waals surface area contributed by atoms with Crippen LogP contribution in [0.3, 0.4) is 0 Å². The van der Waals surface area contributed by atoms with E-state index in [1.54, 1.807) is 0 Å². The highest BCUT2D eigenvalue weighted by atomic mass is 16.5. The van der Waals surface area contributed by atoms with Crippen LogP contribution in [-0.2, 0) is 4.74 Å². The van der Waals surface area contributed by atoms with E-state index in [2.05, 4.69) is 34.1 Å². The predicted octanol–water partition coefficient (Wildman–Crippen LogP) is 3.52. The predicted molar refractivity (Wildman–Crippen MR) is 116 cm³/mol. The molecule has 3 aliphatic rings. The molecule has 6 nitrogen and oxygen atoms in total. The number of hydrogen-bond donors (Lipinski definition) is 1. The van der Waals surface area contributed by atoms with Crippen molar-refractivity contribution in [3.05, 3.63) is 24.3 Å². The highest BCUT2D eigenvalue weighted by molar-refractivity contribution is 5.98. The van der Waals surface area contributed by atoms with E-state index in [0.717, 1.165) is 63.5 Å². The number of aliphatic hydroxyl groups is 1. The molecule has 2 aromatic rings. The molecule has 0 aliphatic carbocycles. The monoisotopic (exact) mass is 396 g/mol. The van der Waals surface area contributed by atoms with Gasteiger partial charge in [-0.15, -0.1) is 10.2 Å². The van der Waals surface area contributed by atoms with E-state index in [1.165, 1.54) is 36.5 Å². The molecule has 1 N–H and O–H groups in total. The first-order valence-electron chi connectivity index (χ1n) is 11.3. The second-order valence-corrected chi connectivity index (χ2v) is 8.96. The Hall–Kier alpha value is -1.92. The van der Waals surface area contributed by atoms with E-state index in [1.807, 2.05) is 0 Å². The maximum absolute atomic E-state index is 10.1. The zero-order chi connectivity index (χ0) is 19.7. The van der Waals surface area contributed by atoms with Gasteiger partial charge in [0.2, 0.25) is 0 Å². The lowest BCUT2D eigenvalue weighted by Gasteiger charge is -2.45. The molecular weight excluding hydrogens is 364 g/mol. The fourth-order valence-corrected chi connectivity index (χ4v) is 5.30. The van der Waals surface area contributed by atoms with E-state index in [4.69, 9.17) is 14.9 Å². The minimum absolute atomic E-state index is 0.149. The molecule has 4 heterocycles. The summed E-state index contributed by atoms with van der Waals surface area (Å²) in [6, 6.07) is 8.59. The standard InChI is InChI=1S/C23H32N4O2/c28-18-9-16-29-23(17-18)10-14-27(15-11-23)22-20-8-4-3-7-19(20)21(24-25-22)26-12-5-1-2-6-13-26/h3-4,7-8,18,28H,1-2,5-6,9-17H2. The molecule has 0 bridgehead atoms. The highest BCUT2D eigenvalue weighted by Crippen LogP contribution is 2.38. The first kappa shape index (κ1) is 19.1. The average molecular weight is 397 g/mol. The van der Waals surface area contributed by atoms with E-state index < -0.39 is 0 Å². The van der Waals surface area contributed by atoms with Gasteiger partial charge in [0.05, 0.1) is 11.7 Å². The van der Waals surface area contributed by atoms with Gasteiger partial charge in [0.15, 0.2) is 11.6 Å². The molecule has 1 aromatic carbocycles. The molecule has 0 saturated carbocycles. The zero-order valence-electron chi connectivity index (χ0n) is 17.2. The van der Waals surface area contributed by atoms with E-state index >= 15 is 0 Å². The number of hydrogen-bond acceptors (Lipinski definition) is 6. The molecule has 156 valence electrons. The zero-order valence-corrected chi connectivity index (χ0v) is 17.2. The lowest BCUT2D eigenvalue weighted by Crippen LogP contribution is -2.50. The number of fused-ring (bicyclic) bond motifs is 1. The van der Waals surface area contributed by atoms with Gasteiger partial charge in [-0.25, -0.2) is 0 Å². The highest BCUT2D eigenvalue weighted by Gasteiger charge is 2.40. The molecule has 6 heteroatoms. The van der Waals surface area contributed by atoms with Crippen molar-refractivity contribution in [3.63, 3.8) is 0 Å². The molecule has 5 rings (SSSR count). The van der Waals surface area contributed by atoms with Crippen LogP contribution in [0, 0.1) is 0 Å². The largest absolute Gasteiger partial charge is 0.393 e. The summed E-state index contributed by atoms with van der Waals surface area (Å²) in [6.45, 7) is 4.62. The van der Waals surface area contributed by atoms with Crippen LogP contribution in [-0.4, -0.2) is 59.8 Å². The Bertz CT molecular complexity index is 842. The number of aliphatic hydroxyl groups excluding tert-OH is 1. The maximum atomic E-state index is 10.1. The van der Waals surface area contributed by atoms with Crippen LogP contribution < -0.4 is 9.80 Å². The van der Waals surface area contributed by atoms with Gasteiger partial charge in [-0.3, -0.25) is 0 Å². The number of ether oxygens (including phenoxy) is 1. The number of rotatable bonds is 2. The first-order chi connectivity index (χ1) is 14.2.